The van der Waals surface area contributed by atoms with Gasteiger partial charge in [-0.2, -0.15) is 0 Å². The van der Waals surface area contributed by atoms with Gasteiger partial charge in [-0.15, -0.1) is 10.2 Å². The van der Waals surface area contributed by atoms with Gasteiger partial charge in [0, 0.05) is 12.6 Å². The molecule has 0 radical (unpaired) electrons. The molecule has 1 amide bonds. The second-order valence-corrected chi connectivity index (χ2v) is 3.58. The number of aromatic nitrogens is 2. The molecule has 0 bridgehead atoms. The van der Waals surface area contributed by atoms with Gasteiger partial charge in [0.1, 0.15) is 5.82 Å². The highest BCUT2D eigenvalue weighted by Gasteiger charge is 2.24. The van der Waals surface area contributed by atoms with Gasteiger partial charge in [0.05, 0.1) is 0 Å². The molecule has 1 aromatic rings. The molecule has 1 aliphatic rings. The number of anilines is 1. The van der Waals surface area contributed by atoms with Crippen LogP contribution >= 0.6 is 0 Å². The normalized spacial score (nSPS) is 14.7. The second kappa shape index (κ2) is 4.25. The highest BCUT2D eigenvalue weighted by molar-refractivity contribution is 5.92. The lowest BCUT2D eigenvalue weighted by Gasteiger charge is -2.03. The minimum absolute atomic E-state index is 0.131. The first-order chi connectivity index (χ1) is 7.29. The molecule has 0 spiro atoms. The van der Waals surface area contributed by atoms with E-state index in [4.69, 9.17) is 0 Å². The third-order valence-corrected chi connectivity index (χ3v) is 2.17. The fraction of sp³-hybridized carbons (Fsp3) is 0.500. The van der Waals surface area contributed by atoms with Crippen LogP contribution in [0.3, 0.4) is 0 Å². The molecule has 5 heteroatoms. The summed E-state index contributed by atoms with van der Waals surface area (Å²) in [5.41, 5.74) is 0.378. The van der Waals surface area contributed by atoms with Crippen LogP contribution in [-0.2, 0) is 0 Å². The Morgan fingerprint density at radius 2 is 2.27 bits per heavy atom. The number of nitrogens with zero attached hydrogens (tertiary/aromatic N) is 2. The smallest absolute Gasteiger partial charge is 0.272 e. The third kappa shape index (κ3) is 2.65. The lowest BCUT2D eigenvalue weighted by molar-refractivity contribution is 0.0945. The van der Waals surface area contributed by atoms with E-state index in [9.17, 15) is 4.79 Å². The van der Waals surface area contributed by atoms with Gasteiger partial charge in [0.15, 0.2) is 5.69 Å². The fourth-order valence-corrected chi connectivity index (χ4v) is 1.22. The molecule has 1 fully saturated rings. The SMILES string of the molecule is CCNc1ccc(C(=O)NC2CC2)nn1. The van der Waals surface area contributed by atoms with Crippen molar-refractivity contribution < 1.29 is 4.79 Å². The van der Waals surface area contributed by atoms with Gasteiger partial charge in [-0.1, -0.05) is 0 Å². The van der Waals surface area contributed by atoms with E-state index in [0.29, 0.717) is 17.6 Å². The topological polar surface area (TPSA) is 66.9 Å². The third-order valence-electron chi connectivity index (χ3n) is 2.17. The minimum atomic E-state index is -0.131. The number of rotatable bonds is 4. The molecule has 0 aromatic carbocycles. The van der Waals surface area contributed by atoms with E-state index in [0.717, 1.165) is 19.4 Å². The number of amides is 1. The summed E-state index contributed by atoms with van der Waals surface area (Å²) in [6.07, 6.45) is 2.16. The Morgan fingerprint density at radius 1 is 1.47 bits per heavy atom. The number of hydrogen-bond acceptors (Lipinski definition) is 4. The summed E-state index contributed by atoms with van der Waals surface area (Å²) in [6.45, 7) is 2.78. The average molecular weight is 206 g/mol. The number of hydrogen-bond donors (Lipinski definition) is 2. The van der Waals surface area contributed by atoms with Crippen molar-refractivity contribution in [1.29, 1.82) is 0 Å². The molecule has 0 saturated heterocycles. The lowest BCUT2D eigenvalue weighted by atomic mass is 10.3. The van der Waals surface area contributed by atoms with Gasteiger partial charge in [0.25, 0.3) is 5.91 Å². The number of carbonyl (C=O) groups is 1. The minimum Gasteiger partial charge on any atom is -0.369 e. The van der Waals surface area contributed by atoms with Crippen molar-refractivity contribution in [3.8, 4) is 0 Å². The molecule has 2 rings (SSSR count). The molecule has 0 atom stereocenters. The van der Waals surface area contributed by atoms with Crippen LogP contribution in [0.4, 0.5) is 5.82 Å². The van der Waals surface area contributed by atoms with Gasteiger partial charge < -0.3 is 10.6 Å². The van der Waals surface area contributed by atoms with Crippen molar-refractivity contribution in [3.63, 3.8) is 0 Å². The Labute approximate surface area is 88.3 Å². The Bertz CT molecular complexity index is 345. The van der Waals surface area contributed by atoms with Crippen LogP contribution in [0.15, 0.2) is 12.1 Å². The predicted molar refractivity (Wildman–Crippen MR) is 56.7 cm³/mol. The van der Waals surface area contributed by atoms with Crippen molar-refractivity contribution in [3.05, 3.63) is 17.8 Å². The molecule has 5 nitrogen and oxygen atoms in total. The monoisotopic (exact) mass is 206 g/mol. The molecular weight excluding hydrogens is 192 g/mol. The Kier molecular flexibility index (Phi) is 2.80. The molecular formula is C10H14N4O. The van der Waals surface area contributed by atoms with Gasteiger partial charge in [-0.25, -0.2) is 0 Å². The van der Waals surface area contributed by atoms with Crippen LogP contribution in [0.5, 0.6) is 0 Å². The Hall–Kier alpha value is -1.65. The van der Waals surface area contributed by atoms with Crippen molar-refractivity contribution in [1.82, 2.24) is 15.5 Å². The molecule has 1 saturated carbocycles. The number of carbonyl (C=O) groups excluding carboxylic acids is 1. The summed E-state index contributed by atoms with van der Waals surface area (Å²) in [4.78, 5) is 11.5. The maximum absolute atomic E-state index is 11.5. The van der Waals surface area contributed by atoms with E-state index in [-0.39, 0.29) is 5.91 Å². The summed E-state index contributed by atoms with van der Waals surface area (Å²) in [6, 6.07) is 3.80. The Balaban J connectivity index is 1.98. The van der Waals surface area contributed by atoms with E-state index in [1.54, 1.807) is 12.1 Å². The quantitative estimate of drug-likeness (QED) is 0.764. The van der Waals surface area contributed by atoms with Gasteiger partial charge in [0.2, 0.25) is 0 Å². The van der Waals surface area contributed by atoms with Gasteiger partial charge in [-0.3, -0.25) is 4.79 Å². The van der Waals surface area contributed by atoms with Crippen LogP contribution in [-0.4, -0.2) is 28.7 Å². The molecule has 2 N–H and O–H groups in total. The van der Waals surface area contributed by atoms with Crippen LogP contribution in [0.25, 0.3) is 0 Å². The van der Waals surface area contributed by atoms with E-state index >= 15 is 0 Å². The van der Waals surface area contributed by atoms with Crippen LogP contribution in [0, 0.1) is 0 Å². The molecule has 0 unspecified atom stereocenters. The molecule has 15 heavy (non-hydrogen) atoms. The molecule has 1 aliphatic carbocycles. The van der Waals surface area contributed by atoms with E-state index < -0.39 is 0 Å². The van der Waals surface area contributed by atoms with Crippen molar-refractivity contribution >= 4 is 11.7 Å². The van der Waals surface area contributed by atoms with Gasteiger partial charge in [-0.05, 0) is 31.9 Å². The molecule has 80 valence electrons. The average Bonchev–Trinajstić information content (AvgIpc) is 3.03. The Morgan fingerprint density at radius 3 is 2.80 bits per heavy atom. The summed E-state index contributed by atoms with van der Waals surface area (Å²) in [5, 5.41) is 13.6. The highest BCUT2D eigenvalue weighted by Crippen LogP contribution is 2.19. The van der Waals surface area contributed by atoms with Crippen molar-refractivity contribution in [2.45, 2.75) is 25.8 Å². The largest absolute Gasteiger partial charge is 0.369 e. The summed E-state index contributed by atoms with van der Waals surface area (Å²) >= 11 is 0. The van der Waals surface area contributed by atoms with E-state index in [1.807, 2.05) is 6.92 Å². The first-order valence-electron chi connectivity index (χ1n) is 5.18. The van der Waals surface area contributed by atoms with Crippen molar-refractivity contribution in [2.75, 3.05) is 11.9 Å². The van der Waals surface area contributed by atoms with E-state index in [2.05, 4.69) is 20.8 Å². The summed E-state index contributed by atoms with van der Waals surface area (Å²) < 4.78 is 0. The first-order valence-corrected chi connectivity index (χ1v) is 5.18. The summed E-state index contributed by atoms with van der Waals surface area (Å²) in [7, 11) is 0. The highest BCUT2D eigenvalue weighted by atomic mass is 16.2. The zero-order valence-electron chi connectivity index (χ0n) is 8.66. The molecule has 1 heterocycles. The zero-order valence-corrected chi connectivity index (χ0v) is 8.66. The maximum Gasteiger partial charge on any atom is 0.272 e. The molecule has 0 aliphatic heterocycles. The fourth-order valence-electron chi connectivity index (χ4n) is 1.22. The van der Waals surface area contributed by atoms with Crippen LogP contribution in [0.1, 0.15) is 30.3 Å². The van der Waals surface area contributed by atoms with Gasteiger partial charge >= 0.3 is 0 Å². The molecule has 1 aromatic heterocycles. The first kappa shape index (κ1) is 9.89. The number of nitrogens with one attached hydrogen (secondary N) is 2. The predicted octanol–water partition coefficient (Wildman–Crippen LogP) is 0.801. The van der Waals surface area contributed by atoms with E-state index in [1.165, 1.54) is 0 Å². The zero-order chi connectivity index (χ0) is 10.7. The maximum atomic E-state index is 11.5. The second-order valence-electron chi connectivity index (χ2n) is 3.58. The standard InChI is InChI=1S/C10H14N4O/c1-2-11-9-6-5-8(13-14-9)10(15)12-7-3-4-7/h5-7H,2-4H2,1H3,(H,11,14)(H,12,15). The van der Waals surface area contributed by atoms with Crippen molar-refractivity contribution in [2.24, 2.45) is 0 Å². The van der Waals surface area contributed by atoms with Crippen LogP contribution in [0.2, 0.25) is 0 Å². The lowest BCUT2D eigenvalue weighted by Crippen LogP contribution is -2.26. The summed E-state index contributed by atoms with van der Waals surface area (Å²) in [5.74, 6) is 0.563. The van der Waals surface area contributed by atoms with Crippen LogP contribution < -0.4 is 10.6 Å².